The summed E-state index contributed by atoms with van der Waals surface area (Å²) in [6.07, 6.45) is 3.06. The molecule has 2 aromatic rings. The third-order valence-electron chi connectivity index (χ3n) is 5.23. The van der Waals surface area contributed by atoms with Crippen molar-refractivity contribution >= 4 is 17.7 Å². The number of hydrogen-bond donors (Lipinski definition) is 0. The first-order chi connectivity index (χ1) is 13.5. The molecular formula is C23H25NO4. The van der Waals surface area contributed by atoms with Crippen LogP contribution in [-0.4, -0.2) is 41.3 Å². The molecule has 146 valence electrons. The van der Waals surface area contributed by atoms with Crippen molar-refractivity contribution in [2.24, 2.45) is 0 Å². The van der Waals surface area contributed by atoms with Gasteiger partial charge >= 0.3 is 5.97 Å². The molecule has 5 heteroatoms. The Balaban J connectivity index is 1.59. The number of amides is 1. The van der Waals surface area contributed by atoms with E-state index in [0.717, 1.165) is 19.3 Å². The van der Waals surface area contributed by atoms with Gasteiger partial charge in [0.2, 0.25) is 0 Å². The fourth-order valence-electron chi connectivity index (χ4n) is 3.71. The first-order valence-electron chi connectivity index (χ1n) is 9.65. The number of benzene rings is 2. The largest absolute Gasteiger partial charge is 0.452 e. The predicted molar refractivity (Wildman–Crippen MR) is 106 cm³/mol. The van der Waals surface area contributed by atoms with Crippen molar-refractivity contribution < 1.29 is 19.1 Å². The van der Waals surface area contributed by atoms with Crippen LogP contribution >= 0.6 is 0 Å². The van der Waals surface area contributed by atoms with Gasteiger partial charge in [0, 0.05) is 23.2 Å². The van der Waals surface area contributed by atoms with Gasteiger partial charge in [-0.3, -0.25) is 9.59 Å². The Morgan fingerprint density at radius 1 is 0.857 bits per heavy atom. The Hall–Kier alpha value is -2.95. The minimum atomic E-state index is -0.565. The van der Waals surface area contributed by atoms with Crippen molar-refractivity contribution in [3.63, 3.8) is 0 Å². The lowest BCUT2D eigenvalue weighted by Crippen LogP contribution is -2.49. The summed E-state index contributed by atoms with van der Waals surface area (Å²) in [7, 11) is 0. The average Bonchev–Trinajstić information content (AvgIpc) is 2.72. The van der Waals surface area contributed by atoms with Crippen molar-refractivity contribution in [1.29, 1.82) is 0 Å². The molecule has 28 heavy (non-hydrogen) atoms. The van der Waals surface area contributed by atoms with Crippen LogP contribution in [0.15, 0.2) is 54.6 Å². The van der Waals surface area contributed by atoms with Crippen LogP contribution in [-0.2, 0) is 9.53 Å². The molecule has 0 unspecified atom stereocenters. The highest BCUT2D eigenvalue weighted by Gasteiger charge is 2.29. The molecule has 2 atom stereocenters. The zero-order valence-corrected chi connectivity index (χ0v) is 16.3. The molecule has 0 aliphatic carbocycles. The summed E-state index contributed by atoms with van der Waals surface area (Å²) in [4.78, 5) is 39.0. The van der Waals surface area contributed by atoms with Crippen LogP contribution in [0.4, 0.5) is 0 Å². The molecule has 0 bridgehead atoms. The van der Waals surface area contributed by atoms with Crippen molar-refractivity contribution in [1.82, 2.24) is 4.90 Å². The Morgan fingerprint density at radius 3 is 2.00 bits per heavy atom. The number of piperidine rings is 1. The van der Waals surface area contributed by atoms with E-state index in [1.54, 1.807) is 48.5 Å². The molecule has 2 aromatic carbocycles. The van der Waals surface area contributed by atoms with E-state index < -0.39 is 5.97 Å². The van der Waals surface area contributed by atoms with E-state index in [-0.39, 0.29) is 30.4 Å². The van der Waals surface area contributed by atoms with Crippen LogP contribution < -0.4 is 0 Å². The predicted octanol–water partition coefficient (Wildman–Crippen LogP) is 3.86. The zero-order chi connectivity index (χ0) is 20.1. The second-order valence-corrected chi connectivity index (χ2v) is 7.28. The van der Waals surface area contributed by atoms with Gasteiger partial charge in [0.25, 0.3) is 5.91 Å². The average molecular weight is 379 g/mol. The standard InChI is InChI=1S/C23H25NO4/c1-16-7-6-8-17(2)24(16)21(25)15-28-23(27)20-13-11-19(12-14-20)22(26)18-9-4-3-5-10-18/h3-5,9-14,16-17H,6-8,15H2,1-2H3/t16-,17-/m1/s1. The van der Waals surface area contributed by atoms with E-state index in [1.165, 1.54) is 0 Å². The summed E-state index contributed by atoms with van der Waals surface area (Å²) in [5.74, 6) is -0.836. The molecule has 1 heterocycles. The van der Waals surface area contributed by atoms with Gasteiger partial charge in [-0.05, 0) is 45.2 Å². The number of hydrogen-bond acceptors (Lipinski definition) is 4. The smallest absolute Gasteiger partial charge is 0.338 e. The third-order valence-corrected chi connectivity index (χ3v) is 5.23. The second-order valence-electron chi connectivity index (χ2n) is 7.28. The normalized spacial score (nSPS) is 19.1. The van der Waals surface area contributed by atoms with Gasteiger partial charge in [0.1, 0.15) is 0 Å². The lowest BCUT2D eigenvalue weighted by atomic mass is 9.97. The third kappa shape index (κ3) is 4.47. The van der Waals surface area contributed by atoms with Crippen molar-refractivity contribution in [3.05, 3.63) is 71.3 Å². The molecule has 1 saturated heterocycles. The molecule has 1 aliphatic rings. The van der Waals surface area contributed by atoms with Gasteiger partial charge in [0.05, 0.1) is 5.56 Å². The van der Waals surface area contributed by atoms with Crippen molar-refractivity contribution in [2.45, 2.75) is 45.2 Å². The van der Waals surface area contributed by atoms with Crippen LogP contribution in [0.5, 0.6) is 0 Å². The van der Waals surface area contributed by atoms with Gasteiger partial charge in [-0.15, -0.1) is 0 Å². The number of esters is 1. The molecular weight excluding hydrogens is 354 g/mol. The van der Waals surface area contributed by atoms with Crippen molar-refractivity contribution in [2.75, 3.05) is 6.61 Å². The lowest BCUT2D eigenvalue weighted by molar-refractivity contribution is -0.140. The molecule has 0 radical (unpaired) electrons. The van der Waals surface area contributed by atoms with Gasteiger partial charge in [-0.2, -0.15) is 0 Å². The maximum atomic E-state index is 12.5. The number of carbonyl (C=O) groups excluding carboxylic acids is 3. The Labute approximate surface area is 165 Å². The van der Waals surface area contributed by atoms with Crippen LogP contribution in [0.3, 0.4) is 0 Å². The topological polar surface area (TPSA) is 63.7 Å². The van der Waals surface area contributed by atoms with Crippen LogP contribution in [0.2, 0.25) is 0 Å². The molecule has 0 saturated carbocycles. The van der Waals surface area contributed by atoms with E-state index in [0.29, 0.717) is 16.7 Å². The molecule has 1 amide bonds. The number of carbonyl (C=O) groups is 3. The van der Waals surface area contributed by atoms with Crippen LogP contribution in [0, 0.1) is 0 Å². The Morgan fingerprint density at radius 2 is 1.39 bits per heavy atom. The fraction of sp³-hybridized carbons (Fsp3) is 0.348. The van der Waals surface area contributed by atoms with E-state index in [1.807, 2.05) is 24.8 Å². The Kier molecular flexibility index (Phi) is 6.24. The van der Waals surface area contributed by atoms with E-state index in [9.17, 15) is 14.4 Å². The highest BCUT2D eigenvalue weighted by Crippen LogP contribution is 2.22. The first kappa shape index (κ1) is 19.8. The van der Waals surface area contributed by atoms with Gasteiger partial charge < -0.3 is 9.64 Å². The minimum absolute atomic E-state index is 0.108. The SMILES string of the molecule is C[C@@H]1CCC[C@@H](C)N1C(=O)COC(=O)c1ccc(C(=O)c2ccccc2)cc1. The van der Waals surface area contributed by atoms with Crippen LogP contribution in [0.25, 0.3) is 0 Å². The molecule has 0 aromatic heterocycles. The Bertz CT molecular complexity index is 835. The van der Waals surface area contributed by atoms with E-state index in [2.05, 4.69) is 0 Å². The van der Waals surface area contributed by atoms with E-state index in [4.69, 9.17) is 4.74 Å². The number of nitrogens with zero attached hydrogens (tertiary/aromatic N) is 1. The molecule has 0 N–H and O–H groups in total. The first-order valence-corrected chi connectivity index (χ1v) is 9.65. The van der Waals surface area contributed by atoms with Crippen molar-refractivity contribution in [3.8, 4) is 0 Å². The highest BCUT2D eigenvalue weighted by atomic mass is 16.5. The fourth-order valence-corrected chi connectivity index (χ4v) is 3.71. The number of ether oxygens (including phenoxy) is 1. The second kappa shape index (κ2) is 8.83. The molecule has 1 fully saturated rings. The van der Waals surface area contributed by atoms with Gasteiger partial charge in [0.15, 0.2) is 12.4 Å². The summed E-state index contributed by atoms with van der Waals surface area (Å²) in [5.41, 5.74) is 1.40. The van der Waals surface area contributed by atoms with Crippen LogP contribution in [0.1, 0.15) is 59.4 Å². The highest BCUT2D eigenvalue weighted by molar-refractivity contribution is 6.09. The lowest BCUT2D eigenvalue weighted by Gasteiger charge is -2.38. The maximum absolute atomic E-state index is 12.5. The summed E-state index contributed by atoms with van der Waals surface area (Å²) in [6, 6.07) is 15.6. The summed E-state index contributed by atoms with van der Waals surface area (Å²) >= 11 is 0. The summed E-state index contributed by atoms with van der Waals surface area (Å²) < 4.78 is 5.21. The number of rotatable bonds is 5. The summed E-state index contributed by atoms with van der Waals surface area (Å²) in [6.45, 7) is 3.79. The molecule has 0 spiro atoms. The summed E-state index contributed by atoms with van der Waals surface area (Å²) in [5, 5.41) is 0. The minimum Gasteiger partial charge on any atom is -0.452 e. The maximum Gasteiger partial charge on any atom is 0.338 e. The number of likely N-dealkylation sites (tertiary alicyclic amines) is 1. The monoisotopic (exact) mass is 379 g/mol. The quantitative estimate of drug-likeness (QED) is 0.584. The molecule has 3 rings (SSSR count). The van der Waals surface area contributed by atoms with E-state index >= 15 is 0 Å². The van der Waals surface area contributed by atoms with Gasteiger partial charge in [-0.1, -0.05) is 42.5 Å². The zero-order valence-electron chi connectivity index (χ0n) is 16.3. The number of ketones is 1. The van der Waals surface area contributed by atoms with Gasteiger partial charge in [-0.25, -0.2) is 4.79 Å². The molecule has 1 aliphatic heterocycles. The molecule has 5 nitrogen and oxygen atoms in total.